The summed E-state index contributed by atoms with van der Waals surface area (Å²) in [6.07, 6.45) is 2.48. The fourth-order valence-corrected chi connectivity index (χ4v) is 3.08. The summed E-state index contributed by atoms with van der Waals surface area (Å²) in [6.45, 7) is 7.44. The zero-order valence-corrected chi connectivity index (χ0v) is 12.1. The smallest absolute Gasteiger partial charge is 0.0772 e. The van der Waals surface area contributed by atoms with Crippen molar-refractivity contribution in [1.82, 2.24) is 4.90 Å². The molecule has 1 aromatic rings. The predicted molar refractivity (Wildman–Crippen MR) is 78.8 cm³/mol. The van der Waals surface area contributed by atoms with Crippen molar-refractivity contribution in [2.24, 2.45) is 11.1 Å². The number of likely N-dealkylation sites (tertiary alicyclic amines) is 1. The Hall–Kier alpha value is -0.900. The van der Waals surface area contributed by atoms with Crippen molar-refractivity contribution in [3.63, 3.8) is 0 Å². The van der Waals surface area contributed by atoms with Crippen molar-refractivity contribution in [1.29, 1.82) is 0 Å². The maximum Gasteiger partial charge on any atom is 0.0772 e. The normalized spacial score (nSPS) is 22.9. The second-order valence-corrected chi connectivity index (χ2v) is 6.66. The summed E-state index contributed by atoms with van der Waals surface area (Å²) in [5.41, 5.74) is 7.16. The molecule has 1 saturated heterocycles. The molecule has 0 aliphatic carbocycles. The molecule has 0 spiro atoms. The van der Waals surface area contributed by atoms with Gasteiger partial charge in [0.25, 0.3) is 0 Å². The van der Waals surface area contributed by atoms with E-state index in [1.165, 1.54) is 12.8 Å². The molecule has 19 heavy (non-hydrogen) atoms. The number of nitrogens with zero attached hydrogens (tertiary/aromatic N) is 1. The van der Waals surface area contributed by atoms with Crippen LogP contribution in [0.25, 0.3) is 0 Å². The molecule has 1 heterocycles. The highest BCUT2D eigenvalue weighted by Crippen LogP contribution is 2.30. The monoisotopic (exact) mass is 262 g/mol. The minimum absolute atomic E-state index is 0.0199. The van der Waals surface area contributed by atoms with Gasteiger partial charge < -0.3 is 15.7 Å². The number of rotatable bonds is 4. The molecule has 0 amide bonds. The third kappa shape index (κ3) is 3.56. The van der Waals surface area contributed by atoms with Gasteiger partial charge in [-0.2, -0.15) is 0 Å². The van der Waals surface area contributed by atoms with Gasteiger partial charge in [-0.1, -0.05) is 44.2 Å². The fourth-order valence-electron chi connectivity index (χ4n) is 3.08. The molecule has 106 valence electrons. The largest absolute Gasteiger partial charge is 0.394 e. The Bertz CT molecular complexity index is 404. The molecule has 3 N–H and O–H groups in total. The first-order valence-corrected chi connectivity index (χ1v) is 7.13. The molecule has 3 heteroatoms. The van der Waals surface area contributed by atoms with Gasteiger partial charge in [-0.15, -0.1) is 0 Å². The lowest BCUT2D eigenvalue weighted by Gasteiger charge is -2.42. The molecule has 1 fully saturated rings. The van der Waals surface area contributed by atoms with Crippen molar-refractivity contribution >= 4 is 0 Å². The van der Waals surface area contributed by atoms with Gasteiger partial charge in [0.05, 0.1) is 12.1 Å². The lowest BCUT2D eigenvalue weighted by atomic mass is 9.82. The molecule has 0 radical (unpaired) electrons. The van der Waals surface area contributed by atoms with Gasteiger partial charge in [-0.25, -0.2) is 0 Å². The van der Waals surface area contributed by atoms with Crippen LogP contribution in [0, 0.1) is 5.41 Å². The molecule has 2 rings (SSSR count). The van der Waals surface area contributed by atoms with Gasteiger partial charge in [0.15, 0.2) is 0 Å². The Morgan fingerprint density at radius 2 is 2.00 bits per heavy atom. The zero-order chi connectivity index (χ0) is 13.9. The highest BCUT2D eigenvalue weighted by Gasteiger charge is 2.33. The number of benzene rings is 1. The SMILES string of the molecule is CC1(C)CCCN(CC(N)(CO)c2ccccc2)C1. The van der Waals surface area contributed by atoms with Crippen LogP contribution < -0.4 is 5.73 Å². The minimum atomic E-state index is -0.658. The molecule has 1 atom stereocenters. The van der Waals surface area contributed by atoms with Crippen LogP contribution in [0.4, 0.5) is 0 Å². The molecule has 0 saturated carbocycles. The maximum absolute atomic E-state index is 9.75. The third-order valence-electron chi connectivity index (χ3n) is 4.12. The Balaban J connectivity index is 2.10. The quantitative estimate of drug-likeness (QED) is 0.872. The number of hydrogen-bond donors (Lipinski definition) is 2. The average molecular weight is 262 g/mol. The minimum Gasteiger partial charge on any atom is -0.394 e. The number of hydrogen-bond acceptors (Lipinski definition) is 3. The van der Waals surface area contributed by atoms with E-state index in [-0.39, 0.29) is 6.61 Å². The molecular weight excluding hydrogens is 236 g/mol. The van der Waals surface area contributed by atoms with Gasteiger partial charge in [0, 0.05) is 13.1 Å². The third-order valence-corrected chi connectivity index (χ3v) is 4.12. The van der Waals surface area contributed by atoms with Crippen LogP contribution in [0.1, 0.15) is 32.3 Å². The zero-order valence-electron chi connectivity index (χ0n) is 12.1. The molecule has 3 nitrogen and oxygen atoms in total. The van der Waals surface area contributed by atoms with Gasteiger partial charge in [0.1, 0.15) is 0 Å². The number of nitrogens with two attached hydrogens (primary N) is 1. The Morgan fingerprint density at radius 3 is 2.58 bits per heavy atom. The highest BCUT2D eigenvalue weighted by atomic mass is 16.3. The highest BCUT2D eigenvalue weighted by molar-refractivity contribution is 5.24. The fraction of sp³-hybridized carbons (Fsp3) is 0.625. The number of aliphatic hydroxyl groups is 1. The van der Waals surface area contributed by atoms with Gasteiger partial charge in [-0.05, 0) is 30.4 Å². The lowest BCUT2D eigenvalue weighted by molar-refractivity contribution is 0.0728. The van der Waals surface area contributed by atoms with Crippen molar-refractivity contribution < 1.29 is 5.11 Å². The summed E-state index contributed by atoms with van der Waals surface area (Å²) in [4.78, 5) is 2.40. The van der Waals surface area contributed by atoms with Crippen molar-refractivity contribution in [2.45, 2.75) is 32.2 Å². The standard InChI is InChI=1S/C16H26N2O/c1-15(2)9-6-10-18(11-15)12-16(17,13-19)14-7-4-3-5-8-14/h3-5,7-8,19H,6,9-13,17H2,1-2H3. The van der Waals surface area contributed by atoms with Crippen LogP contribution in [-0.2, 0) is 5.54 Å². The van der Waals surface area contributed by atoms with Crippen LogP contribution in [0.2, 0.25) is 0 Å². The van der Waals surface area contributed by atoms with Crippen LogP contribution in [-0.4, -0.2) is 36.2 Å². The van der Waals surface area contributed by atoms with Crippen LogP contribution in [0.15, 0.2) is 30.3 Å². The van der Waals surface area contributed by atoms with Crippen LogP contribution in [0.5, 0.6) is 0 Å². The molecule has 0 bridgehead atoms. The molecule has 1 aromatic carbocycles. The van der Waals surface area contributed by atoms with Gasteiger partial charge >= 0.3 is 0 Å². The van der Waals surface area contributed by atoms with Crippen molar-refractivity contribution in [2.75, 3.05) is 26.2 Å². The van der Waals surface area contributed by atoms with Crippen molar-refractivity contribution in [3.8, 4) is 0 Å². The lowest BCUT2D eigenvalue weighted by Crippen LogP contribution is -2.53. The Morgan fingerprint density at radius 1 is 1.32 bits per heavy atom. The second-order valence-electron chi connectivity index (χ2n) is 6.66. The first-order valence-electron chi connectivity index (χ1n) is 7.13. The van der Waals surface area contributed by atoms with Crippen molar-refractivity contribution in [3.05, 3.63) is 35.9 Å². The van der Waals surface area contributed by atoms with Gasteiger partial charge in [0.2, 0.25) is 0 Å². The van der Waals surface area contributed by atoms with E-state index in [9.17, 15) is 5.11 Å². The topological polar surface area (TPSA) is 49.5 Å². The second kappa shape index (κ2) is 5.61. The van der Waals surface area contributed by atoms with E-state index in [0.717, 1.165) is 25.2 Å². The summed E-state index contributed by atoms with van der Waals surface area (Å²) < 4.78 is 0. The molecular formula is C16H26N2O. The summed E-state index contributed by atoms with van der Waals surface area (Å²) >= 11 is 0. The summed E-state index contributed by atoms with van der Waals surface area (Å²) in [7, 11) is 0. The van der Waals surface area contributed by atoms with Gasteiger partial charge in [-0.3, -0.25) is 0 Å². The number of aliphatic hydroxyl groups excluding tert-OH is 1. The first-order chi connectivity index (χ1) is 8.95. The van der Waals surface area contributed by atoms with E-state index < -0.39 is 5.54 Å². The Labute approximate surface area is 116 Å². The maximum atomic E-state index is 9.75. The van der Waals surface area contributed by atoms with E-state index in [0.29, 0.717) is 5.41 Å². The molecule has 1 aliphatic rings. The van der Waals surface area contributed by atoms with Crippen LogP contribution in [0.3, 0.4) is 0 Å². The summed E-state index contributed by atoms with van der Waals surface area (Å²) in [5.74, 6) is 0. The average Bonchev–Trinajstić information content (AvgIpc) is 2.38. The predicted octanol–water partition coefficient (Wildman–Crippen LogP) is 1.95. The Kier molecular flexibility index (Phi) is 4.29. The first kappa shape index (κ1) is 14.5. The summed E-state index contributed by atoms with van der Waals surface area (Å²) in [6, 6.07) is 9.95. The number of piperidine rings is 1. The molecule has 1 aliphatic heterocycles. The van der Waals surface area contributed by atoms with E-state index in [2.05, 4.69) is 18.7 Å². The van der Waals surface area contributed by atoms with Crippen LogP contribution >= 0.6 is 0 Å². The summed E-state index contributed by atoms with van der Waals surface area (Å²) in [5, 5.41) is 9.75. The van der Waals surface area contributed by atoms with E-state index >= 15 is 0 Å². The van der Waals surface area contributed by atoms with E-state index in [1.807, 2.05) is 30.3 Å². The molecule has 1 unspecified atom stereocenters. The molecule has 0 aromatic heterocycles. The van der Waals surface area contributed by atoms with E-state index in [1.54, 1.807) is 0 Å². The van der Waals surface area contributed by atoms with E-state index in [4.69, 9.17) is 5.73 Å².